The van der Waals surface area contributed by atoms with Gasteiger partial charge in [0.05, 0.1) is 5.52 Å². The molecule has 5 heteroatoms. The van der Waals surface area contributed by atoms with Crippen molar-refractivity contribution in [3.63, 3.8) is 0 Å². The number of fused-ring (bicyclic) bond motifs is 1. The second-order valence-corrected chi connectivity index (χ2v) is 5.55. The van der Waals surface area contributed by atoms with E-state index in [9.17, 15) is 9.59 Å². The number of nitrogens with one attached hydrogen (secondary N) is 2. The van der Waals surface area contributed by atoms with Gasteiger partial charge in [0.2, 0.25) is 5.91 Å². The van der Waals surface area contributed by atoms with Crippen molar-refractivity contribution < 1.29 is 9.21 Å². The number of benzene rings is 2. The summed E-state index contributed by atoms with van der Waals surface area (Å²) in [4.78, 5) is 25.7. The van der Waals surface area contributed by atoms with Crippen LogP contribution in [0, 0.1) is 6.92 Å². The van der Waals surface area contributed by atoms with Gasteiger partial charge in [-0.2, -0.15) is 0 Å². The van der Waals surface area contributed by atoms with Crippen molar-refractivity contribution in [2.75, 3.05) is 0 Å². The average Bonchev–Trinajstić information content (AvgIpc) is 2.91. The summed E-state index contributed by atoms with van der Waals surface area (Å²) in [5.74, 6) is -0.469. The minimum absolute atomic E-state index is 0.00358. The van der Waals surface area contributed by atoms with Gasteiger partial charge in [-0.25, -0.2) is 4.79 Å². The number of aromatic nitrogens is 1. The van der Waals surface area contributed by atoms with E-state index in [1.165, 1.54) is 11.1 Å². The fourth-order valence-electron chi connectivity index (χ4n) is 2.53. The molecule has 1 amide bonds. The van der Waals surface area contributed by atoms with Crippen LogP contribution in [-0.2, 0) is 17.8 Å². The fourth-order valence-corrected chi connectivity index (χ4v) is 2.53. The Morgan fingerprint density at radius 2 is 2.04 bits per heavy atom. The lowest BCUT2D eigenvalue weighted by Crippen LogP contribution is -2.23. The SMILES string of the molecule is Cc1ccccc1CCC(=O)NCc1ccc2[nH]c(=O)oc2c1. The molecule has 0 radical (unpaired) electrons. The quantitative estimate of drug-likeness (QED) is 0.761. The predicted molar refractivity (Wildman–Crippen MR) is 88.2 cm³/mol. The van der Waals surface area contributed by atoms with Crippen molar-refractivity contribution in [2.24, 2.45) is 0 Å². The van der Waals surface area contributed by atoms with E-state index in [-0.39, 0.29) is 5.91 Å². The highest BCUT2D eigenvalue weighted by atomic mass is 16.4. The van der Waals surface area contributed by atoms with E-state index in [0.29, 0.717) is 24.1 Å². The zero-order chi connectivity index (χ0) is 16.2. The van der Waals surface area contributed by atoms with Crippen LogP contribution in [0.5, 0.6) is 0 Å². The number of hydrogen-bond acceptors (Lipinski definition) is 3. The van der Waals surface area contributed by atoms with E-state index in [0.717, 1.165) is 12.0 Å². The van der Waals surface area contributed by atoms with Gasteiger partial charge in [0.15, 0.2) is 5.58 Å². The molecule has 118 valence electrons. The number of carbonyl (C=O) groups is 1. The zero-order valence-electron chi connectivity index (χ0n) is 12.9. The molecule has 2 aromatic carbocycles. The molecular weight excluding hydrogens is 292 g/mol. The number of aryl methyl sites for hydroxylation is 2. The first-order valence-corrected chi connectivity index (χ1v) is 7.55. The molecule has 0 atom stereocenters. The molecule has 23 heavy (non-hydrogen) atoms. The smallest absolute Gasteiger partial charge is 0.408 e. The van der Waals surface area contributed by atoms with Crippen LogP contribution in [0.3, 0.4) is 0 Å². The Bertz CT molecular complexity index is 892. The van der Waals surface area contributed by atoms with E-state index in [4.69, 9.17) is 4.42 Å². The molecule has 0 unspecified atom stereocenters. The molecule has 1 heterocycles. The fraction of sp³-hybridized carbons (Fsp3) is 0.222. The van der Waals surface area contributed by atoms with Crippen LogP contribution < -0.4 is 11.1 Å². The monoisotopic (exact) mass is 310 g/mol. The van der Waals surface area contributed by atoms with Gasteiger partial charge < -0.3 is 9.73 Å². The third-order valence-electron chi connectivity index (χ3n) is 3.86. The molecule has 5 nitrogen and oxygen atoms in total. The predicted octanol–water partition coefficient (Wildman–Crippen LogP) is 2.68. The molecule has 0 saturated heterocycles. The van der Waals surface area contributed by atoms with Gasteiger partial charge in [0.25, 0.3) is 0 Å². The Hall–Kier alpha value is -2.82. The van der Waals surface area contributed by atoms with E-state index in [2.05, 4.69) is 10.3 Å². The van der Waals surface area contributed by atoms with Crippen LogP contribution in [0.15, 0.2) is 51.7 Å². The highest BCUT2D eigenvalue weighted by Gasteiger charge is 2.06. The number of rotatable bonds is 5. The summed E-state index contributed by atoms with van der Waals surface area (Å²) >= 11 is 0. The molecule has 2 N–H and O–H groups in total. The number of hydrogen-bond donors (Lipinski definition) is 2. The van der Waals surface area contributed by atoms with Crippen molar-refractivity contribution in [2.45, 2.75) is 26.3 Å². The molecular formula is C18H18N2O3. The van der Waals surface area contributed by atoms with Crippen molar-refractivity contribution in [1.29, 1.82) is 0 Å². The summed E-state index contributed by atoms with van der Waals surface area (Å²) in [7, 11) is 0. The Morgan fingerprint density at radius 1 is 1.22 bits per heavy atom. The number of aromatic amines is 1. The first-order valence-electron chi connectivity index (χ1n) is 7.55. The molecule has 0 bridgehead atoms. The van der Waals surface area contributed by atoms with Gasteiger partial charge in [-0.3, -0.25) is 9.78 Å². The maximum atomic E-state index is 12.0. The summed E-state index contributed by atoms with van der Waals surface area (Å²) in [5.41, 5.74) is 4.45. The van der Waals surface area contributed by atoms with Crippen LogP contribution in [0.25, 0.3) is 11.1 Å². The Balaban J connectivity index is 1.55. The number of oxazole rings is 1. The largest absolute Gasteiger partial charge is 0.417 e. The number of carbonyl (C=O) groups excluding carboxylic acids is 1. The highest BCUT2D eigenvalue weighted by molar-refractivity contribution is 5.77. The summed E-state index contributed by atoms with van der Waals surface area (Å²) in [6.45, 7) is 2.46. The summed E-state index contributed by atoms with van der Waals surface area (Å²) in [6.07, 6.45) is 1.18. The standard InChI is InChI=1S/C18H18N2O3/c1-12-4-2-3-5-14(12)7-9-17(21)19-11-13-6-8-15-16(10-13)23-18(22)20-15/h2-6,8,10H,7,9,11H2,1H3,(H,19,21)(H,20,22). The van der Waals surface area contributed by atoms with E-state index >= 15 is 0 Å². The van der Waals surface area contributed by atoms with Crippen LogP contribution in [0.1, 0.15) is 23.1 Å². The lowest BCUT2D eigenvalue weighted by atomic mass is 10.0. The third-order valence-corrected chi connectivity index (χ3v) is 3.86. The van der Waals surface area contributed by atoms with Crippen LogP contribution in [0.2, 0.25) is 0 Å². The summed E-state index contributed by atoms with van der Waals surface area (Å²) in [5, 5.41) is 2.89. The topological polar surface area (TPSA) is 75.1 Å². The lowest BCUT2D eigenvalue weighted by Gasteiger charge is -2.07. The molecule has 0 spiro atoms. The summed E-state index contributed by atoms with van der Waals surface area (Å²) < 4.78 is 5.01. The Morgan fingerprint density at radius 3 is 2.87 bits per heavy atom. The van der Waals surface area contributed by atoms with Crippen molar-refractivity contribution in [1.82, 2.24) is 10.3 Å². The van der Waals surface area contributed by atoms with Gasteiger partial charge in [-0.1, -0.05) is 30.3 Å². The lowest BCUT2D eigenvalue weighted by molar-refractivity contribution is -0.121. The maximum absolute atomic E-state index is 12.0. The normalized spacial score (nSPS) is 10.8. The first kappa shape index (κ1) is 15.1. The summed E-state index contributed by atoms with van der Waals surface area (Å²) in [6, 6.07) is 13.5. The number of amides is 1. The molecule has 1 aromatic heterocycles. The second-order valence-electron chi connectivity index (χ2n) is 5.55. The zero-order valence-corrected chi connectivity index (χ0v) is 12.9. The van der Waals surface area contributed by atoms with Crippen molar-refractivity contribution in [3.05, 3.63) is 69.7 Å². The van der Waals surface area contributed by atoms with Crippen LogP contribution in [0.4, 0.5) is 0 Å². The first-order chi connectivity index (χ1) is 11.1. The van der Waals surface area contributed by atoms with E-state index < -0.39 is 5.76 Å². The van der Waals surface area contributed by atoms with E-state index in [1.807, 2.05) is 37.3 Å². The minimum Gasteiger partial charge on any atom is -0.408 e. The van der Waals surface area contributed by atoms with Gasteiger partial charge in [0, 0.05) is 13.0 Å². The number of H-pyrrole nitrogens is 1. The molecule has 0 aliphatic heterocycles. The third kappa shape index (κ3) is 3.69. The van der Waals surface area contributed by atoms with Crippen molar-refractivity contribution >= 4 is 17.0 Å². The molecule has 0 saturated carbocycles. The average molecular weight is 310 g/mol. The van der Waals surface area contributed by atoms with Gasteiger partial charge >= 0.3 is 5.76 Å². The Labute approximate surface area is 133 Å². The highest BCUT2D eigenvalue weighted by Crippen LogP contribution is 2.12. The van der Waals surface area contributed by atoms with Crippen LogP contribution >= 0.6 is 0 Å². The molecule has 0 aliphatic rings. The van der Waals surface area contributed by atoms with Gasteiger partial charge in [-0.05, 0) is 42.2 Å². The molecule has 3 aromatic rings. The maximum Gasteiger partial charge on any atom is 0.417 e. The van der Waals surface area contributed by atoms with E-state index in [1.54, 1.807) is 12.1 Å². The van der Waals surface area contributed by atoms with Crippen LogP contribution in [-0.4, -0.2) is 10.9 Å². The molecule has 0 fully saturated rings. The second kappa shape index (κ2) is 6.52. The minimum atomic E-state index is -0.473. The van der Waals surface area contributed by atoms with Gasteiger partial charge in [0.1, 0.15) is 0 Å². The molecule has 3 rings (SSSR count). The Kier molecular flexibility index (Phi) is 4.28. The molecule has 0 aliphatic carbocycles. The van der Waals surface area contributed by atoms with Gasteiger partial charge in [-0.15, -0.1) is 0 Å². The van der Waals surface area contributed by atoms with Crippen molar-refractivity contribution in [3.8, 4) is 0 Å².